The third-order valence-corrected chi connectivity index (χ3v) is 9.93. The number of ether oxygens (including phenoxy) is 1. The molecule has 0 fully saturated rings. The predicted molar refractivity (Wildman–Crippen MR) is 205 cm³/mol. The van der Waals surface area contributed by atoms with Crippen LogP contribution in [-0.4, -0.2) is 20.8 Å². The van der Waals surface area contributed by atoms with E-state index in [1.54, 1.807) is 29.2 Å². The number of para-hydroxylation sites is 5. The second-order valence-electron chi connectivity index (χ2n) is 12.7. The summed E-state index contributed by atoms with van der Waals surface area (Å²) in [5.74, 6) is 0.724. The van der Waals surface area contributed by atoms with E-state index in [9.17, 15) is 0 Å². The Morgan fingerprint density at radius 3 is 2.19 bits per heavy atom. The molecule has 6 aromatic carbocycles. The van der Waals surface area contributed by atoms with Gasteiger partial charge in [-0.05, 0) is 42.7 Å². The van der Waals surface area contributed by atoms with Crippen LogP contribution in [0.1, 0.15) is 4.11 Å². The van der Waals surface area contributed by atoms with E-state index in [4.69, 9.17) is 20.4 Å². The molecule has 0 radical (unpaired) electrons. The Balaban J connectivity index is 0.00000372. The Bertz CT molecular complexity index is 3270. The maximum Gasteiger partial charge on any atom is 0.160 e. The number of fused-ring (bicyclic) bond motifs is 11. The van der Waals surface area contributed by atoms with Gasteiger partial charge in [-0.2, -0.15) is 12.7 Å². The van der Waals surface area contributed by atoms with Gasteiger partial charge in [0, 0.05) is 81.3 Å². The van der Waals surface area contributed by atoms with Gasteiger partial charge in [-0.3, -0.25) is 4.85 Å². The summed E-state index contributed by atoms with van der Waals surface area (Å²) in [6, 6.07) is 46.8. The zero-order valence-corrected chi connectivity index (χ0v) is 29.4. The van der Waals surface area contributed by atoms with E-state index in [-0.39, 0.29) is 21.1 Å². The first-order chi connectivity index (χ1) is 26.4. The molecule has 52 heavy (non-hydrogen) atoms. The van der Waals surface area contributed by atoms with Gasteiger partial charge in [0.15, 0.2) is 5.65 Å². The Labute approximate surface area is 316 Å². The van der Waals surface area contributed by atoms with Gasteiger partial charge < -0.3 is 23.3 Å². The van der Waals surface area contributed by atoms with E-state index < -0.39 is 6.98 Å². The Kier molecular flexibility index (Phi) is 5.97. The first-order valence-electron chi connectivity index (χ1n) is 18.0. The summed E-state index contributed by atoms with van der Waals surface area (Å²) in [4.78, 5) is 11.7. The van der Waals surface area contributed by atoms with Crippen molar-refractivity contribution in [3.05, 3.63) is 158 Å². The average Bonchev–Trinajstić information content (AvgIpc) is 3.85. The van der Waals surface area contributed by atoms with Crippen molar-refractivity contribution >= 4 is 88.3 Å². The zero-order valence-electron chi connectivity index (χ0n) is 30.1. The van der Waals surface area contributed by atoms with Crippen molar-refractivity contribution in [1.29, 1.82) is 0 Å². The first kappa shape index (κ1) is 27.4. The summed E-state index contributed by atoms with van der Waals surface area (Å²) in [7, 11) is 0. The summed E-state index contributed by atoms with van der Waals surface area (Å²) >= 11 is 0. The van der Waals surface area contributed by atoms with E-state index in [1.807, 2.05) is 36.5 Å². The maximum atomic E-state index is 8.11. The molecule has 1 aliphatic heterocycles. The van der Waals surface area contributed by atoms with Crippen molar-refractivity contribution in [2.24, 2.45) is 0 Å². The summed E-state index contributed by atoms with van der Waals surface area (Å²) in [6.07, 6.45) is 1.82. The van der Waals surface area contributed by atoms with Gasteiger partial charge in [-0.25, -0.2) is 4.98 Å². The molecular weight excluding hydrogens is 824 g/mol. The molecule has 0 spiro atoms. The fourth-order valence-corrected chi connectivity index (χ4v) is 7.87. The fraction of sp³-hybridized carbons (Fsp3) is 0.0227. The molecule has 250 valence electrons. The Morgan fingerprint density at radius 2 is 1.38 bits per heavy atom. The molecule has 0 amide bonds. The SMILES string of the molecule is [2H]C([2H])([2H])N1[CH-]N(c2[c-]c(Oc3[c-]c4c(cc3)c3cccc5c6cccc7c8ccccc8n(c8cccnc8n4c35)c76)cc([N+]#[C-])c2)c2ccccc21.[Pt]. The molecule has 4 aromatic heterocycles. The molecule has 8 heteroatoms. The number of nitrogens with zero attached hydrogens (tertiary/aromatic N) is 6. The molecule has 0 saturated carbocycles. The molecule has 1 aliphatic rings. The van der Waals surface area contributed by atoms with Crippen molar-refractivity contribution in [3.63, 3.8) is 0 Å². The quantitative estimate of drug-likeness (QED) is 0.166. The number of aromatic nitrogens is 3. The van der Waals surface area contributed by atoms with Crippen LogP contribution >= 0.6 is 0 Å². The predicted octanol–water partition coefficient (Wildman–Crippen LogP) is 11.0. The number of benzene rings is 6. The topological polar surface area (TPSA) is 41.8 Å². The van der Waals surface area contributed by atoms with Gasteiger partial charge in [0.2, 0.25) is 0 Å². The number of pyridine rings is 1. The minimum absolute atomic E-state index is 0. The van der Waals surface area contributed by atoms with Crippen LogP contribution in [0.25, 0.3) is 70.4 Å². The molecule has 0 N–H and O–H groups in total. The Morgan fingerprint density at radius 1 is 0.692 bits per heavy atom. The van der Waals surface area contributed by atoms with E-state index in [0.717, 1.165) is 54.8 Å². The minimum atomic E-state index is -2.40. The van der Waals surface area contributed by atoms with Crippen LogP contribution in [0.4, 0.5) is 22.7 Å². The summed E-state index contributed by atoms with van der Waals surface area (Å²) in [5.41, 5.74) is 7.74. The minimum Gasteiger partial charge on any atom is -0.510 e. The van der Waals surface area contributed by atoms with Gasteiger partial charge in [0.05, 0.1) is 28.8 Å². The summed E-state index contributed by atoms with van der Waals surface area (Å²) < 4.78 is 35.3. The molecule has 7 nitrogen and oxygen atoms in total. The van der Waals surface area contributed by atoms with Gasteiger partial charge in [-0.1, -0.05) is 72.2 Å². The van der Waals surface area contributed by atoms with Gasteiger partial charge in [0.25, 0.3) is 0 Å². The van der Waals surface area contributed by atoms with Gasteiger partial charge >= 0.3 is 0 Å². The summed E-state index contributed by atoms with van der Waals surface area (Å²) in [6.45, 7) is 6.98. The van der Waals surface area contributed by atoms with Crippen molar-refractivity contribution in [3.8, 4) is 11.5 Å². The molecule has 0 aliphatic carbocycles. The van der Waals surface area contributed by atoms with Crippen molar-refractivity contribution in [1.82, 2.24) is 13.8 Å². The third-order valence-electron chi connectivity index (χ3n) is 9.93. The van der Waals surface area contributed by atoms with E-state index >= 15 is 0 Å². The van der Waals surface area contributed by atoms with Crippen LogP contribution in [0.5, 0.6) is 11.5 Å². The van der Waals surface area contributed by atoms with Crippen molar-refractivity contribution < 1.29 is 29.9 Å². The van der Waals surface area contributed by atoms with Crippen LogP contribution in [0, 0.1) is 25.4 Å². The summed E-state index contributed by atoms with van der Waals surface area (Å²) in [5, 5.41) is 6.62. The smallest absolute Gasteiger partial charge is 0.160 e. The molecule has 0 unspecified atom stereocenters. The number of hydrogen-bond acceptors (Lipinski definition) is 4. The molecule has 0 saturated heterocycles. The molecule has 0 atom stereocenters. The standard InChI is InChI=1S/C44H25N6O.Pt/c1-45-27-22-28(48-26-47(2)38-16-5-6-17-39(38)48)24-30(23-27)51-29-19-20-32-34-12-8-14-36-35-13-7-11-33-31-10-3-4-15-37(31)49(42(33)35)40-18-9-21-46-44(40)50(43(34)36)41(32)25-29;/h3-23,26H,2H3;/q-3;/i2D3;. The Hall–Kier alpha value is -6.35. The number of rotatable bonds is 3. The van der Waals surface area contributed by atoms with Crippen LogP contribution < -0.4 is 14.5 Å². The number of hydrogen-bond donors (Lipinski definition) is 0. The molecule has 5 heterocycles. The molecule has 11 rings (SSSR count). The zero-order chi connectivity index (χ0) is 36.3. The van der Waals surface area contributed by atoms with E-state index in [1.165, 1.54) is 22.3 Å². The van der Waals surface area contributed by atoms with Crippen LogP contribution in [0.2, 0.25) is 0 Å². The molecule has 10 aromatic rings. The largest absolute Gasteiger partial charge is 0.510 e. The number of anilines is 3. The second-order valence-corrected chi connectivity index (χ2v) is 12.7. The van der Waals surface area contributed by atoms with Crippen molar-refractivity contribution in [2.75, 3.05) is 16.8 Å². The van der Waals surface area contributed by atoms with Crippen LogP contribution in [0.3, 0.4) is 0 Å². The van der Waals surface area contributed by atoms with Crippen LogP contribution in [0.15, 0.2) is 128 Å². The van der Waals surface area contributed by atoms with E-state index in [2.05, 4.69) is 92.5 Å². The molecular formula is C44H25N6OPt-3. The van der Waals surface area contributed by atoms with Gasteiger partial charge in [0.1, 0.15) is 0 Å². The third kappa shape index (κ3) is 4.19. The average molecular weight is 852 g/mol. The van der Waals surface area contributed by atoms with Crippen molar-refractivity contribution in [2.45, 2.75) is 0 Å². The second kappa shape index (κ2) is 11.3. The monoisotopic (exact) mass is 851 g/mol. The van der Waals surface area contributed by atoms with E-state index in [0.29, 0.717) is 34.2 Å². The normalized spacial score (nSPS) is 13.9. The van der Waals surface area contributed by atoms with Crippen LogP contribution in [-0.2, 0) is 21.1 Å². The first-order valence-corrected chi connectivity index (χ1v) is 16.5. The van der Waals surface area contributed by atoms with Gasteiger partial charge in [-0.15, -0.1) is 41.4 Å². The maximum absolute atomic E-state index is 8.11. The fourth-order valence-electron chi connectivity index (χ4n) is 7.87. The molecule has 0 bridgehead atoms.